The van der Waals surface area contributed by atoms with Crippen LogP contribution in [0, 0.1) is 13.8 Å². The third-order valence-corrected chi connectivity index (χ3v) is 4.00. The smallest absolute Gasteiger partial charge is 0.344 e. The van der Waals surface area contributed by atoms with E-state index < -0.39 is 24.5 Å². The largest absolute Gasteiger partial charge is 0.482 e. The van der Waals surface area contributed by atoms with E-state index in [4.69, 9.17) is 9.47 Å². The summed E-state index contributed by atoms with van der Waals surface area (Å²) < 4.78 is 10.2. The van der Waals surface area contributed by atoms with E-state index in [1.807, 2.05) is 32.0 Å². The van der Waals surface area contributed by atoms with Crippen LogP contribution in [-0.2, 0) is 14.3 Å². The van der Waals surface area contributed by atoms with Crippen LogP contribution in [-0.4, -0.2) is 37.2 Å². The number of rotatable bonds is 6. The molecule has 136 valence electrons. The number of hydrogen-bond acceptors (Lipinski definition) is 5. The van der Waals surface area contributed by atoms with Gasteiger partial charge in [-0.05, 0) is 43.9 Å². The van der Waals surface area contributed by atoms with Gasteiger partial charge in [-0.15, -0.1) is 0 Å². The Labute approximate surface area is 147 Å². The van der Waals surface area contributed by atoms with Crippen LogP contribution in [0.2, 0.25) is 0 Å². The lowest BCUT2D eigenvalue weighted by Gasteiger charge is -2.12. The molecule has 0 radical (unpaired) electrons. The minimum atomic E-state index is -0.674. The van der Waals surface area contributed by atoms with Gasteiger partial charge in [-0.2, -0.15) is 0 Å². The zero-order valence-corrected chi connectivity index (χ0v) is 14.6. The SMILES string of the molecule is Cc1ccc(C)c(OCC(=O)OCC(=O)NC(=O)NC2CCCC2)c1. The summed E-state index contributed by atoms with van der Waals surface area (Å²) in [5.41, 5.74) is 1.92. The Morgan fingerprint density at radius 2 is 1.84 bits per heavy atom. The molecule has 25 heavy (non-hydrogen) atoms. The first kappa shape index (κ1) is 18.8. The predicted octanol–water partition coefficient (Wildman–Crippen LogP) is 1.99. The molecule has 0 saturated heterocycles. The van der Waals surface area contributed by atoms with Crippen LogP contribution in [0.3, 0.4) is 0 Å². The summed E-state index contributed by atoms with van der Waals surface area (Å²) >= 11 is 0. The molecule has 7 heteroatoms. The summed E-state index contributed by atoms with van der Waals surface area (Å²) in [5, 5.41) is 4.87. The fourth-order valence-corrected chi connectivity index (χ4v) is 2.64. The Hall–Kier alpha value is -2.57. The molecule has 0 aromatic heterocycles. The van der Waals surface area contributed by atoms with E-state index in [1.54, 1.807) is 0 Å². The van der Waals surface area contributed by atoms with Gasteiger partial charge < -0.3 is 14.8 Å². The van der Waals surface area contributed by atoms with Gasteiger partial charge in [0.25, 0.3) is 5.91 Å². The van der Waals surface area contributed by atoms with Crippen LogP contribution in [0.5, 0.6) is 5.75 Å². The van der Waals surface area contributed by atoms with Gasteiger partial charge in [0, 0.05) is 6.04 Å². The van der Waals surface area contributed by atoms with Crippen LogP contribution in [0.1, 0.15) is 36.8 Å². The van der Waals surface area contributed by atoms with Gasteiger partial charge in [0.1, 0.15) is 5.75 Å². The van der Waals surface area contributed by atoms with Crippen LogP contribution in [0.4, 0.5) is 4.79 Å². The van der Waals surface area contributed by atoms with Crippen molar-refractivity contribution < 1.29 is 23.9 Å². The van der Waals surface area contributed by atoms with Gasteiger partial charge in [0.15, 0.2) is 13.2 Å². The molecule has 2 rings (SSSR count). The van der Waals surface area contributed by atoms with Crippen molar-refractivity contribution in [2.24, 2.45) is 0 Å². The molecule has 1 aromatic carbocycles. The molecule has 3 amide bonds. The first-order valence-electron chi connectivity index (χ1n) is 8.40. The third-order valence-electron chi connectivity index (χ3n) is 4.00. The highest BCUT2D eigenvalue weighted by atomic mass is 16.6. The molecule has 1 aliphatic carbocycles. The molecule has 0 aliphatic heterocycles. The Kier molecular flexibility index (Phi) is 6.80. The molecule has 7 nitrogen and oxygen atoms in total. The van der Waals surface area contributed by atoms with Crippen molar-refractivity contribution in [2.75, 3.05) is 13.2 Å². The topological polar surface area (TPSA) is 93.7 Å². The quantitative estimate of drug-likeness (QED) is 0.767. The fourth-order valence-electron chi connectivity index (χ4n) is 2.64. The van der Waals surface area contributed by atoms with Gasteiger partial charge in [-0.1, -0.05) is 25.0 Å². The van der Waals surface area contributed by atoms with Crippen LogP contribution < -0.4 is 15.4 Å². The lowest BCUT2D eigenvalue weighted by molar-refractivity contribution is -0.150. The molecule has 0 spiro atoms. The fraction of sp³-hybridized carbons (Fsp3) is 0.500. The van der Waals surface area contributed by atoms with Crippen LogP contribution >= 0.6 is 0 Å². The number of esters is 1. The number of carbonyl (C=O) groups excluding carboxylic acids is 3. The van der Waals surface area contributed by atoms with Crippen molar-refractivity contribution >= 4 is 17.9 Å². The van der Waals surface area contributed by atoms with E-state index in [9.17, 15) is 14.4 Å². The average Bonchev–Trinajstić information content (AvgIpc) is 3.06. The van der Waals surface area contributed by atoms with E-state index in [2.05, 4.69) is 10.6 Å². The highest BCUT2D eigenvalue weighted by molar-refractivity contribution is 5.95. The zero-order chi connectivity index (χ0) is 18.2. The van der Waals surface area contributed by atoms with Crippen molar-refractivity contribution in [3.05, 3.63) is 29.3 Å². The van der Waals surface area contributed by atoms with Gasteiger partial charge >= 0.3 is 12.0 Å². The second-order valence-electron chi connectivity index (χ2n) is 6.22. The second kappa shape index (κ2) is 9.05. The molecule has 2 N–H and O–H groups in total. The number of carbonyl (C=O) groups is 3. The van der Waals surface area contributed by atoms with Crippen molar-refractivity contribution in [2.45, 2.75) is 45.6 Å². The van der Waals surface area contributed by atoms with Crippen molar-refractivity contribution in [3.63, 3.8) is 0 Å². The average molecular weight is 348 g/mol. The Bertz CT molecular complexity index is 638. The number of aryl methyl sites for hydroxylation is 2. The summed E-state index contributed by atoms with van der Waals surface area (Å²) in [4.78, 5) is 34.9. The Morgan fingerprint density at radius 1 is 1.12 bits per heavy atom. The number of amides is 3. The molecular weight excluding hydrogens is 324 g/mol. The van der Waals surface area contributed by atoms with Crippen molar-refractivity contribution in [1.82, 2.24) is 10.6 Å². The Balaban J connectivity index is 1.65. The van der Waals surface area contributed by atoms with E-state index in [1.165, 1.54) is 0 Å². The lowest BCUT2D eigenvalue weighted by Crippen LogP contribution is -2.45. The normalized spacial score (nSPS) is 14.0. The predicted molar refractivity (Wildman–Crippen MR) is 91.3 cm³/mol. The number of nitrogens with one attached hydrogen (secondary N) is 2. The summed E-state index contributed by atoms with van der Waals surface area (Å²) in [5.74, 6) is -0.750. The second-order valence-corrected chi connectivity index (χ2v) is 6.22. The molecule has 1 saturated carbocycles. The summed E-state index contributed by atoms with van der Waals surface area (Å²) in [6.45, 7) is 2.97. The first-order chi connectivity index (χ1) is 11.9. The standard InChI is InChI=1S/C18H24N2O5/c1-12-7-8-13(2)15(9-12)24-11-17(22)25-10-16(21)20-18(23)19-14-5-3-4-6-14/h7-9,14H,3-6,10-11H2,1-2H3,(H2,19,20,21,23). The summed E-state index contributed by atoms with van der Waals surface area (Å²) in [6, 6.07) is 5.22. The lowest BCUT2D eigenvalue weighted by atomic mass is 10.1. The van der Waals surface area contributed by atoms with E-state index >= 15 is 0 Å². The van der Waals surface area contributed by atoms with Crippen LogP contribution in [0.25, 0.3) is 0 Å². The monoisotopic (exact) mass is 348 g/mol. The van der Waals surface area contributed by atoms with E-state index in [0.29, 0.717) is 5.75 Å². The van der Waals surface area contributed by atoms with Gasteiger partial charge in [0.05, 0.1) is 0 Å². The van der Waals surface area contributed by atoms with Gasteiger partial charge in [-0.25, -0.2) is 9.59 Å². The highest BCUT2D eigenvalue weighted by Crippen LogP contribution is 2.19. The maximum atomic E-state index is 11.7. The third kappa shape index (κ3) is 6.45. The minimum Gasteiger partial charge on any atom is -0.482 e. The van der Waals surface area contributed by atoms with Gasteiger partial charge in [0.2, 0.25) is 0 Å². The van der Waals surface area contributed by atoms with Crippen LogP contribution in [0.15, 0.2) is 18.2 Å². The molecule has 1 fully saturated rings. The molecule has 1 aliphatic rings. The van der Waals surface area contributed by atoms with Gasteiger partial charge in [-0.3, -0.25) is 10.1 Å². The van der Waals surface area contributed by atoms with E-state index in [0.717, 1.165) is 36.8 Å². The molecule has 0 atom stereocenters. The molecule has 0 unspecified atom stereocenters. The van der Waals surface area contributed by atoms with E-state index in [-0.39, 0.29) is 12.6 Å². The summed E-state index contributed by atoms with van der Waals surface area (Å²) in [7, 11) is 0. The molecule has 1 aromatic rings. The highest BCUT2D eigenvalue weighted by Gasteiger charge is 2.18. The Morgan fingerprint density at radius 3 is 2.56 bits per heavy atom. The number of ether oxygens (including phenoxy) is 2. The number of benzene rings is 1. The molecular formula is C18H24N2O5. The minimum absolute atomic E-state index is 0.112. The maximum Gasteiger partial charge on any atom is 0.344 e. The number of urea groups is 1. The van der Waals surface area contributed by atoms with Crippen molar-refractivity contribution in [1.29, 1.82) is 0 Å². The first-order valence-corrected chi connectivity index (χ1v) is 8.40. The number of hydrogen-bond donors (Lipinski definition) is 2. The van der Waals surface area contributed by atoms with Crippen molar-refractivity contribution in [3.8, 4) is 5.75 Å². The summed E-state index contributed by atoms with van der Waals surface area (Å²) in [6.07, 6.45) is 4.01. The number of imide groups is 1. The molecule has 0 heterocycles. The zero-order valence-electron chi connectivity index (χ0n) is 14.6. The maximum absolute atomic E-state index is 11.7. The molecule has 0 bridgehead atoms.